The summed E-state index contributed by atoms with van der Waals surface area (Å²) >= 11 is 0.933. The number of carbonyl (C=O) groups is 1. The normalized spacial score (nSPS) is 18.7. The Bertz CT molecular complexity index is 2000. The van der Waals surface area contributed by atoms with Crippen LogP contribution in [-0.4, -0.2) is 43.9 Å². The van der Waals surface area contributed by atoms with Crippen LogP contribution in [0.4, 0.5) is 29.3 Å². The van der Waals surface area contributed by atoms with Gasteiger partial charge in [0.15, 0.2) is 5.76 Å². The average Bonchev–Trinajstić information content (AvgIpc) is 3.98. The lowest BCUT2D eigenvalue weighted by molar-refractivity contribution is -0.160. The Kier molecular flexibility index (Phi) is 6.53. The molecule has 232 valence electrons. The topological polar surface area (TPSA) is 118 Å². The molecule has 1 amide bonds. The number of hydrogen-bond donors (Lipinski definition) is 2. The van der Waals surface area contributed by atoms with Crippen LogP contribution in [0.3, 0.4) is 0 Å². The van der Waals surface area contributed by atoms with Crippen molar-refractivity contribution in [3.05, 3.63) is 94.9 Å². The first-order valence-electron chi connectivity index (χ1n) is 14.6. The summed E-state index contributed by atoms with van der Waals surface area (Å²) in [7, 11) is 0. The van der Waals surface area contributed by atoms with Crippen LogP contribution in [-0.2, 0) is 10.2 Å². The second-order valence-electron chi connectivity index (χ2n) is 11.5. The number of para-hydroxylation sites is 1. The van der Waals surface area contributed by atoms with Crippen molar-refractivity contribution in [2.75, 3.05) is 10.6 Å². The maximum Gasteiger partial charge on any atom is 0.400 e. The van der Waals surface area contributed by atoms with E-state index in [-0.39, 0.29) is 41.0 Å². The second-order valence-corrected chi connectivity index (χ2v) is 12.5. The molecule has 9 nitrogen and oxygen atoms in total. The lowest BCUT2D eigenvalue weighted by Crippen LogP contribution is -2.32. The minimum absolute atomic E-state index is 0.0132. The molecule has 2 N–H and O–H groups in total. The van der Waals surface area contributed by atoms with Gasteiger partial charge in [-0.05, 0) is 31.7 Å². The Hall–Kier alpha value is -4.98. The number of hydrogen-bond acceptors (Lipinski definition) is 9. The third-order valence-electron chi connectivity index (χ3n) is 8.28. The van der Waals surface area contributed by atoms with Crippen molar-refractivity contribution < 1.29 is 26.8 Å². The molecule has 2 saturated carbocycles. The monoisotopic (exact) mass is 645 g/mol. The number of fused-ring (bicyclic) bond motifs is 1. The fraction of sp³-hybridized carbons (Fsp3) is 0.250. The van der Waals surface area contributed by atoms with Crippen molar-refractivity contribution >= 4 is 34.7 Å². The molecule has 2 fully saturated rings. The van der Waals surface area contributed by atoms with Crippen molar-refractivity contribution in [3.63, 3.8) is 0 Å². The van der Waals surface area contributed by atoms with Crippen molar-refractivity contribution in [2.24, 2.45) is 4.99 Å². The highest BCUT2D eigenvalue weighted by Crippen LogP contribution is 2.61. The van der Waals surface area contributed by atoms with Gasteiger partial charge in [-0.2, -0.15) is 13.2 Å². The van der Waals surface area contributed by atoms with Gasteiger partial charge in [0.1, 0.15) is 27.8 Å². The number of halogens is 4. The van der Waals surface area contributed by atoms with Crippen LogP contribution in [0.5, 0.6) is 0 Å². The smallest absolute Gasteiger partial charge is 0.400 e. The van der Waals surface area contributed by atoms with Gasteiger partial charge >= 0.3 is 6.18 Å². The molecular formula is C32H23F4N7O2S. The third-order valence-corrected chi connectivity index (χ3v) is 9.58. The van der Waals surface area contributed by atoms with E-state index in [9.17, 15) is 22.4 Å². The van der Waals surface area contributed by atoms with Crippen LogP contribution in [0.2, 0.25) is 0 Å². The Morgan fingerprint density at radius 2 is 1.72 bits per heavy atom. The Morgan fingerprint density at radius 1 is 0.957 bits per heavy atom. The van der Waals surface area contributed by atoms with Gasteiger partial charge in [0.05, 0.1) is 22.5 Å². The SMILES string of the molecule is O=C1Nc2c(F)cccc2C(c2ccccc2)=N[C@@H]1Nc1ncc(-c2nc(C3(C(F)(F)F)CC3)sc2-c2cnc(C3CC3)nc2)o1. The first kappa shape index (κ1) is 28.5. The van der Waals surface area contributed by atoms with E-state index in [0.29, 0.717) is 39.0 Å². The van der Waals surface area contributed by atoms with Gasteiger partial charge in [-0.1, -0.05) is 42.5 Å². The largest absolute Gasteiger partial charge is 0.422 e. The molecule has 2 aromatic carbocycles. The number of benzene rings is 2. The molecule has 0 bridgehead atoms. The molecule has 2 aliphatic carbocycles. The minimum Gasteiger partial charge on any atom is -0.422 e. The number of aromatic nitrogens is 4. The number of thiazole rings is 1. The summed E-state index contributed by atoms with van der Waals surface area (Å²) < 4.78 is 63.1. The number of carbonyl (C=O) groups excluding carboxylic acids is 1. The first-order chi connectivity index (χ1) is 22.2. The maximum atomic E-state index is 14.9. The predicted molar refractivity (Wildman–Crippen MR) is 162 cm³/mol. The lowest BCUT2D eigenvalue weighted by atomic mass is 10.0. The van der Waals surface area contributed by atoms with E-state index >= 15 is 0 Å². The summed E-state index contributed by atoms with van der Waals surface area (Å²) in [5, 5.41) is 5.37. The minimum atomic E-state index is -4.46. The number of benzodiazepines with no additional fused rings is 1. The molecule has 1 atom stereocenters. The number of anilines is 2. The molecule has 8 rings (SSSR count). The highest BCUT2D eigenvalue weighted by molar-refractivity contribution is 7.16. The number of aliphatic imine (C=N–C) groups is 1. The predicted octanol–water partition coefficient (Wildman–Crippen LogP) is 7.09. The number of alkyl halides is 3. The van der Waals surface area contributed by atoms with Gasteiger partial charge in [0, 0.05) is 35.0 Å². The van der Waals surface area contributed by atoms with Crippen molar-refractivity contribution in [1.82, 2.24) is 19.9 Å². The fourth-order valence-electron chi connectivity index (χ4n) is 5.43. The van der Waals surface area contributed by atoms with Gasteiger partial charge < -0.3 is 15.1 Å². The van der Waals surface area contributed by atoms with Gasteiger partial charge in [-0.15, -0.1) is 11.3 Å². The number of nitrogens with one attached hydrogen (secondary N) is 2. The third kappa shape index (κ3) is 4.92. The van der Waals surface area contributed by atoms with Crippen LogP contribution in [0.25, 0.3) is 21.9 Å². The van der Waals surface area contributed by atoms with E-state index in [0.717, 1.165) is 24.2 Å². The zero-order valence-electron chi connectivity index (χ0n) is 23.8. The van der Waals surface area contributed by atoms with E-state index in [1.165, 1.54) is 18.3 Å². The van der Waals surface area contributed by atoms with Gasteiger partial charge in [-0.3, -0.25) is 4.79 Å². The molecule has 0 saturated heterocycles. The van der Waals surface area contributed by atoms with Crippen molar-refractivity contribution in [1.29, 1.82) is 0 Å². The molecule has 0 unspecified atom stereocenters. The first-order valence-corrected chi connectivity index (χ1v) is 15.4. The number of rotatable bonds is 7. The Labute approximate surface area is 262 Å². The maximum absolute atomic E-state index is 14.9. The quantitative estimate of drug-likeness (QED) is 0.181. The van der Waals surface area contributed by atoms with Crippen LogP contribution in [0.15, 0.2) is 76.5 Å². The lowest BCUT2D eigenvalue weighted by Gasteiger charge is -2.15. The van der Waals surface area contributed by atoms with E-state index in [2.05, 4.69) is 35.6 Å². The van der Waals surface area contributed by atoms with E-state index < -0.39 is 29.5 Å². The van der Waals surface area contributed by atoms with Crippen molar-refractivity contribution in [2.45, 2.75) is 49.4 Å². The molecule has 3 aromatic heterocycles. The summed E-state index contributed by atoms with van der Waals surface area (Å²) in [5.74, 6) is -0.192. The zero-order chi connectivity index (χ0) is 31.6. The zero-order valence-corrected chi connectivity index (χ0v) is 24.6. The molecule has 1 aliphatic heterocycles. The summed E-state index contributed by atoms with van der Waals surface area (Å²) in [6.07, 6.45) is 0.674. The molecule has 14 heteroatoms. The highest BCUT2D eigenvalue weighted by atomic mass is 32.1. The second kappa shape index (κ2) is 10.5. The summed E-state index contributed by atoms with van der Waals surface area (Å²) in [6, 6.07) is 13.3. The molecule has 0 spiro atoms. The number of oxazole rings is 1. The molecule has 46 heavy (non-hydrogen) atoms. The molecule has 0 radical (unpaired) electrons. The van der Waals surface area contributed by atoms with Gasteiger partial charge in [-0.25, -0.2) is 29.3 Å². The van der Waals surface area contributed by atoms with Gasteiger partial charge in [0.25, 0.3) is 11.9 Å². The van der Waals surface area contributed by atoms with Crippen LogP contribution in [0.1, 0.15) is 53.6 Å². The molecule has 4 heterocycles. The summed E-state index contributed by atoms with van der Waals surface area (Å²) in [6.45, 7) is 0. The fourth-order valence-corrected chi connectivity index (χ4v) is 6.74. The molecule has 3 aliphatic rings. The number of amides is 1. The summed E-state index contributed by atoms with van der Waals surface area (Å²) in [5.41, 5.74) is 0.0519. The summed E-state index contributed by atoms with van der Waals surface area (Å²) in [4.78, 5) is 35.9. The van der Waals surface area contributed by atoms with Crippen LogP contribution < -0.4 is 10.6 Å². The average molecular weight is 646 g/mol. The van der Waals surface area contributed by atoms with E-state index in [4.69, 9.17) is 4.42 Å². The Balaban J connectivity index is 1.15. The molecular weight excluding hydrogens is 622 g/mol. The van der Waals surface area contributed by atoms with Crippen LogP contribution >= 0.6 is 11.3 Å². The molecule has 5 aromatic rings. The van der Waals surface area contributed by atoms with Crippen LogP contribution in [0, 0.1) is 5.82 Å². The van der Waals surface area contributed by atoms with E-state index in [1.807, 2.05) is 6.07 Å². The van der Waals surface area contributed by atoms with Crippen molar-refractivity contribution in [3.8, 4) is 21.9 Å². The standard InChI is InChI=1S/C32H23F4N7O2S/c33-20-8-4-7-19-22(16-5-2-1-3-6-16)40-27(28(44)41-23(19)20)43-30-39-15-21(45-30)24-25(18-13-37-26(38-14-18)17-9-10-17)46-29(42-24)31(11-12-31)32(34,35)36/h1-8,13-15,17,27H,9-12H2,(H,39,43)(H,41,44)/t27-/m1/s1. The Morgan fingerprint density at radius 3 is 2.41 bits per heavy atom. The highest BCUT2D eigenvalue weighted by Gasteiger charge is 2.66. The van der Waals surface area contributed by atoms with Gasteiger partial charge in [0.2, 0.25) is 6.17 Å². The van der Waals surface area contributed by atoms with E-state index in [1.54, 1.807) is 42.7 Å². The number of nitrogens with zero attached hydrogens (tertiary/aromatic N) is 5.